The van der Waals surface area contributed by atoms with E-state index in [1.54, 1.807) is 6.33 Å². The molecule has 1 N–H and O–H groups in total. The van der Waals surface area contributed by atoms with E-state index in [0.29, 0.717) is 0 Å². The van der Waals surface area contributed by atoms with E-state index in [2.05, 4.69) is 11.1 Å². The Morgan fingerprint density at radius 3 is 2.95 bits per heavy atom. The molecule has 94 valence electrons. The Kier molecular flexibility index (Phi) is 1.96. The Balaban J connectivity index is 1.88. The van der Waals surface area contributed by atoms with Crippen molar-refractivity contribution in [3.63, 3.8) is 0 Å². The molecule has 2 aromatic rings. The summed E-state index contributed by atoms with van der Waals surface area (Å²) in [6.45, 7) is 0. The second-order valence-electron chi connectivity index (χ2n) is 5.43. The van der Waals surface area contributed by atoms with Crippen LogP contribution in [0.25, 0.3) is 11.3 Å². The lowest BCUT2D eigenvalue weighted by atomic mass is 9.89. The number of hydrogen-bond acceptors (Lipinski definition) is 3. The molecule has 1 aliphatic carbocycles. The summed E-state index contributed by atoms with van der Waals surface area (Å²) in [5, 5.41) is 20.0. The van der Waals surface area contributed by atoms with E-state index in [4.69, 9.17) is 0 Å². The maximum Gasteiger partial charge on any atom is 0.0975 e. The van der Waals surface area contributed by atoms with Gasteiger partial charge in [0.05, 0.1) is 41.8 Å². The zero-order valence-corrected chi connectivity index (χ0v) is 10.3. The molecule has 2 heterocycles. The molecule has 4 heteroatoms. The highest BCUT2D eigenvalue weighted by Gasteiger charge is 2.54. The van der Waals surface area contributed by atoms with E-state index in [1.165, 1.54) is 0 Å². The minimum absolute atomic E-state index is 0.184. The molecular weight excluding hydrogens is 238 g/mol. The summed E-state index contributed by atoms with van der Waals surface area (Å²) in [5.41, 5.74) is 2.66. The summed E-state index contributed by atoms with van der Waals surface area (Å²) >= 11 is 0. The van der Waals surface area contributed by atoms with Crippen LogP contribution >= 0.6 is 0 Å². The van der Waals surface area contributed by atoms with Gasteiger partial charge in [0.15, 0.2) is 0 Å². The first-order valence-electron chi connectivity index (χ1n) is 6.47. The quantitative estimate of drug-likeness (QED) is 0.889. The third-order valence-electron chi connectivity index (χ3n) is 4.40. The molecule has 0 saturated heterocycles. The van der Waals surface area contributed by atoms with Gasteiger partial charge in [-0.15, -0.1) is 0 Å². The van der Waals surface area contributed by atoms with Gasteiger partial charge in [0.25, 0.3) is 0 Å². The van der Waals surface area contributed by atoms with Gasteiger partial charge in [-0.25, -0.2) is 4.98 Å². The summed E-state index contributed by atoms with van der Waals surface area (Å²) in [5.74, 6) is 0. The van der Waals surface area contributed by atoms with Crippen LogP contribution in [0, 0.1) is 16.7 Å². The molecule has 19 heavy (non-hydrogen) atoms. The molecule has 0 amide bonds. The van der Waals surface area contributed by atoms with Gasteiger partial charge < -0.3 is 9.67 Å². The van der Waals surface area contributed by atoms with Gasteiger partial charge in [-0.1, -0.05) is 24.3 Å². The first-order valence-corrected chi connectivity index (χ1v) is 6.47. The highest BCUT2D eigenvalue weighted by atomic mass is 16.3. The SMILES string of the molecule is N#CC1([C@H](O)[C@H]2c3ccccc3-c3cncn32)CC1. The van der Waals surface area contributed by atoms with Crippen LogP contribution < -0.4 is 0 Å². The van der Waals surface area contributed by atoms with E-state index >= 15 is 0 Å². The third kappa shape index (κ3) is 1.28. The molecule has 1 aromatic carbocycles. The number of nitriles is 1. The third-order valence-corrected chi connectivity index (χ3v) is 4.40. The van der Waals surface area contributed by atoms with E-state index < -0.39 is 11.5 Å². The number of aromatic nitrogens is 2. The number of benzene rings is 1. The lowest BCUT2D eigenvalue weighted by Crippen LogP contribution is -2.30. The van der Waals surface area contributed by atoms with Gasteiger partial charge in [0.1, 0.15) is 0 Å². The van der Waals surface area contributed by atoms with E-state index in [1.807, 2.05) is 35.0 Å². The van der Waals surface area contributed by atoms with E-state index in [0.717, 1.165) is 29.7 Å². The van der Waals surface area contributed by atoms with Crippen molar-refractivity contribution in [2.45, 2.75) is 25.0 Å². The summed E-state index contributed by atoms with van der Waals surface area (Å²) in [4.78, 5) is 4.17. The molecule has 1 aliphatic heterocycles. The highest BCUT2D eigenvalue weighted by Crippen LogP contribution is 2.54. The molecule has 0 radical (unpaired) electrons. The predicted molar refractivity (Wildman–Crippen MR) is 69.1 cm³/mol. The summed E-state index contributed by atoms with van der Waals surface area (Å²) in [6, 6.07) is 10.2. The zero-order valence-electron chi connectivity index (χ0n) is 10.3. The van der Waals surface area contributed by atoms with Crippen molar-refractivity contribution in [1.82, 2.24) is 9.55 Å². The lowest BCUT2D eigenvalue weighted by Gasteiger charge is -2.24. The van der Waals surface area contributed by atoms with E-state index in [-0.39, 0.29) is 6.04 Å². The maximum absolute atomic E-state index is 10.7. The van der Waals surface area contributed by atoms with Crippen LogP contribution in [0.2, 0.25) is 0 Å². The van der Waals surface area contributed by atoms with Gasteiger partial charge >= 0.3 is 0 Å². The molecule has 1 aromatic heterocycles. The number of imidazole rings is 1. The van der Waals surface area contributed by atoms with Crippen molar-refractivity contribution in [1.29, 1.82) is 5.26 Å². The monoisotopic (exact) mass is 251 g/mol. The number of rotatable bonds is 2. The lowest BCUT2D eigenvalue weighted by molar-refractivity contribution is 0.0840. The van der Waals surface area contributed by atoms with Crippen molar-refractivity contribution in [3.8, 4) is 17.3 Å². The molecule has 4 nitrogen and oxygen atoms in total. The van der Waals surface area contributed by atoms with Crippen molar-refractivity contribution < 1.29 is 5.11 Å². The average molecular weight is 251 g/mol. The van der Waals surface area contributed by atoms with Crippen LogP contribution in [-0.2, 0) is 0 Å². The second kappa shape index (κ2) is 3.46. The van der Waals surface area contributed by atoms with Gasteiger partial charge in [0, 0.05) is 5.56 Å². The predicted octanol–water partition coefficient (Wildman–Crippen LogP) is 2.12. The van der Waals surface area contributed by atoms with Crippen molar-refractivity contribution >= 4 is 0 Å². The van der Waals surface area contributed by atoms with Crippen molar-refractivity contribution in [2.24, 2.45) is 5.41 Å². The number of aliphatic hydroxyl groups excluding tert-OH is 1. The molecular formula is C15H13N3O. The average Bonchev–Trinajstić information content (AvgIpc) is 3.00. The van der Waals surface area contributed by atoms with Gasteiger partial charge in [-0.3, -0.25) is 0 Å². The van der Waals surface area contributed by atoms with E-state index in [9.17, 15) is 10.4 Å². The Morgan fingerprint density at radius 2 is 2.21 bits per heavy atom. The number of aliphatic hydroxyl groups is 1. The smallest absolute Gasteiger partial charge is 0.0975 e. The molecule has 0 spiro atoms. The van der Waals surface area contributed by atoms with Crippen molar-refractivity contribution in [2.75, 3.05) is 0 Å². The van der Waals surface area contributed by atoms with Crippen LogP contribution in [0.5, 0.6) is 0 Å². The first-order chi connectivity index (χ1) is 9.27. The van der Waals surface area contributed by atoms with Crippen molar-refractivity contribution in [3.05, 3.63) is 42.4 Å². The Bertz CT molecular complexity index is 693. The van der Waals surface area contributed by atoms with Gasteiger partial charge in [-0.05, 0) is 18.4 Å². The Hall–Kier alpha value is -2.12. The molecule has 1 saturated carbocycles. The number of fused-ring (bicyclic) bond motifs is 3. The van der Waals surface area contributed by atoms with Gasteiger partial charge in [0.2, 0.25) is 0 Å². The van der Waals surface area contributed by atoms with Crippen LogP contribution in [-0.4, -0.2) is 20.8 Å². The number of nitrogens with zero attached hydrogens (tertiary/aromatic N) is 3. The maximum atomic E-state index is 10.7. The van der Waals surface area contributed by atoms with Crippen LogP contribution in [0.4, 0.5) is 0 Å². The molecule has 2 atom stereocenters. The Morgan fingerprint density at radius 1 is 1.42 bits per heavy atom. The van der Waals surface area contributed by atoms with Crippen LogP contribution in [0.3, 0.4) is 0 Å². The first kappa shape index (κ1) is 10.8. The van der Waals surface area contributed by atoms with Crippen LogP contribution in [0.15, 0.2) is 36.8 Å². The highest BCUT2D eigenvalue weighted by molar-refractivity contribution is 5.69. The fourth-order valence-corrected chi connectivity index (χ4v) is 3.11. The minimum atomic E-state index is -0.672. The standard InChI is InChI=1S/C15H13N3O/c16-8-15(5-6-15)14(19)13-11-4-2-1-3-10(11)12-7-17-9-18(12)13/h1-4,7,9,13-14,19H,5-6H2/t13-,14-/m1/s1. The second-order valence-corrected chi connectivity index (χ2v) is 5.43. The largest absolute Gasteiger partial charge is 0.389 e. The normalized spacial score (nSPS) is 23.3. The summed E-state index contributed by atoms with van der Waals surface area (Å²) in [7, 11) is 0. The fraction of sp³-hybridized carbons (Fsp3) is 0.333. The topological polar surface area (TPSA) is 61.8 Å². The molecule has 4 rings (SSSR count). The summed E-state index contributed by atoms with van der Waals surface area (Å²) < 4.78 is 1.99. The molecule has 1 fully saturated rings. The van der Waals surface area contributed by atoms with Crippen LogP contribution in [0.1, 0.15) is 24.4 Å². The fourth-order valence-electron chi connectivity index (χ4n) is 3.11. The Labute approximate surface area is 110 Å². The van der Waals surface area contributed by atoms with Gasteiger partial charge in [-0.2, -0.15) is 5.26 Å². The molecule has 0 bridgehead atoms. The molecule has 2 aliphatic rings. The zero-order chi connectivity index (χ0) is 13.0. The number of hydrogen-bond donors (Lipinski definition) is 1. The summed E-state index contributed by atoms with van der Waals surface area (Å²) in [6.07, 6.45) is 4.46. The molecule has 0 unspecified atom stereocenters. The minimum Gasteiger partial charge on any atom is -0.389 e.